The van der Waals surface area contributed by atoms with Crippen molar-refractivity contribution in [2.24, 2.45) is 0 Å². The number of carboxylic acids is 2. The topological polar surface area (TPSA) is 115 Å². The Morgan fingerprint density at radius 1 is 0.833 bits per heavy atom. The van der Waals surface area contributed by atoms with Crippen LogP contribution in [0.4, 0.5) is 0 Å². The summed E-state index contributed by atoms with van der Waals surface area (Å²) in [5.74, 6) is -1.54. The lowest BCUT2D eigenvalue weighted by Gasteiger charge is -2.06. The standard InChI is InChI=1S/2C4H7IO2.C2H6O2/c2*1-4(2,5)3(6)7;3-1-2-4/h2*1-2H3,(H,6,7);3-4H,1-2H2. The molecule has 0 radical (unpaired) electrons. The van der Waals surface area contributed by atoms with Crippen molar-refractivity contribution >= 4 is 57.1 Å². The Bertz CT molecular complexity index is 216. The molecule has 0 aliphatic rings. The molecule has 0 saturated carbocycles. The number of rotatable bonds is 3. The van der Waals surface area contributed by atoms with Crippen LogP contribution in [0.5, 0.6) is 0 Å². The summed E-state index contributed by atoms with van der Waals surface area (Å²) < 4.78 is -1.23. The van der Waals surface area contributed by atoms with Crippen LogP contribution in [0.1, 0.15) is 27.7 Å². The molecule has 0 fully saturated rings. The summed E-state index contributed by atoms with van der Waals surface area (Å²) in [4.78, 5) is 20.0. The predicted octanol–water partition coefficient (Wildman–Crippen LogP) is 1.54. The minimum atomic E-state index is -0.770. The summed E-state index contributed by atoms with van der Waals surface area (Å²) >= 11 is 3.73. The maximum Gasteiger partial charge on any atom is 0.319 e. The zero-order chi connectivity index (χ0) is 15.6. The third kappa shape index (κ3) is 21.6. The average molecular weight is 490 g/mol. The molecule has 0 aromatic carbocycles. The lowest BCUT2D eigenvalue weighted by Crippen LogP contribution is -2.22. The average Bonchev–Trinajstić information content (AvgIpc) is 2.16. The number of hydrogen-bond donors (Lipinski definition) is 4. The van der Waals surface area contributed by atoms with Gasteiger partial charge in [0.1, 0.15) is 6.84 Å². The number of alkyl halides is 2. The molecule has 0 bridgehead atoms. The zero-order valence-electron chi connectivity index (χ0n) is 10.8. The van der Waals surface area contributed by atoms with Crippen LogP contribution in [0.2, 0.25) is 0 Å². The second-order valence-corrected chi connectivity index (χ2v) is 9.40. The van der Waals surface area contributed by atoms with E-state index in [1.165, 1.54) is 0 Å². The van der Waals surface area contributed by atoms with Crippen molar-refractivity contribution < 1.29 is 30.0 Å². The molecular formula is C10H20I2O6. The van der Waals surface area contributed by atoms with Gasteiger partial charge in [0.15, 0.2) is 0 Å². The van der Waals surface area contributed by atoms with E-state index >= 15 is 0 Å². The summed E-state index contributed by atoms with van der Waals surface area (Å²) in [6.07, 6.45) is 0. The Balaban J connectivity index is -0.000000196. The summed E-state index contributed by atoms with van der Waals surface area (Å²) in [6.45, 7) is 6.34. The molecule has 4 N–H and O–H groups in total. The highest BCUT2D eigenvalue weighted by Crippen LogP contribution is 2.15. The molecule has 0 aromatic heterocycles. The van der Waals surface area contributed by atoms with E-state index in [4.69, 9.17) is 20.4 Å². The highest BCUT2D eigenvalue weighted by Gasteiger charge is 2.21. The third-order valence-corrected chi connectivity index (χ3v) is 2.04. The maximum atomic E-state index is 10.0. The van der Waals surface area contributed by atoms with Crippen molar-refractivity contribution in [3.63, 3.8) is 0 Å². The van der Waals surface area contributed by atoms with Gasteiger partial charge in [-0.3, -0.25) is 9.59 Å². The molecule has 6 nitrogen and oxygen atoms in total. The Hall–Kier alpha value is 0.320. The fraction of sp³-hybridized carbons (Fsp3) is 0.800. The van der Waals surface area contributed by atoms with Gasteiger partial charge < -0.3 is 20.4 Å². The molecule has 110 valence electrons. The van der Waals surface area contributed by atoms with Crippen molar-refractivity contribution in [3.05, 3.63) is 0 Å². The molecule has 0 aromatic rings. The maximum absolute atomic E-state index is 10.0. The van der Waals surface area contributed by atoms with Crippen LogP contribution in [0, 0.1) is 0 Å². The van der Waals surface area contributed by atoms with E-state index in [1.54, 1.807) is 27.7 Å². The number of aliphatic hydroxyl groups is 2. The van der Waals surface area contributed by atoms with Crippen LogP contribution < -0.4 is 0 Å². The van der Waals surface area contributed by atoms with Gasteiger partial charge in [-0.1, -0.05) is 45.2 Å². The molecule has 0 rings (SSSR count). The number of aliphatic hydroxyl groups excluding tert-OH is 2. The Kier molecular flexibility index (Phi) is 14.5. The molecule has 0 aliphatic heterocycles. The number of halogens is 2. The van der Waals surface area contributed by atoms with E-state index in [0.717, 1.165) is 0 Å². The SMILES string of the molecule is CC(C)(I)C(=O)O.CC(C)(I)C(=O)O.OCCO. The van der Waals surface area contributed by atoms with Crippen LogP contribution in [0.15, 0.2) is 0 Å². The van der Waals surface area contributed by atoms with Crippen molar-refractivity contribution in [2.45, 2.75) is 34.5 Å². The molecule has 0 saturated heterocycles. The number of carbonyl (C=O) groups is 2. The minimum absolute atomic E-state index is 0.125. The van der Waals surface area contributed by atoms with E-state index in [9.17, 15) is 9.59 Å². The quantitative estimate of drug-likeness (QED) is 0.353. The molecule has 18 heavy (non-hydrogen) atoms. The van der Waals surface area contributed by atoms with Gasteiger partial charge in [0, 0.05) is 0 Å². The summed E-state index contributed by atoms with van der Waals surface area (Å²) in [6, 6.07) is 0. The van der Waals surface area contributed by atoms with Crippen LogP contribution in [-0.2, 0) is 9.59 Å². The Morgan fingerprint density at radius 3 is 0.944 bits per heavy atom. The predicted molar refractivity (Wildman–Crippen MR) is 85.6 cm³/mol. The summed E-state index contributed by atoms with van der Waals surface area (Å²) in [5.41, 5.74) is 0. The van der Waals surface area contributed by atoms with Crippen molar-refractivity contribution in [1.82, 2.24) is 0 Å². The third-order valence-electron chi connectivity index (χ3n) is 1.12. The van der Waals surface area contributed by atoms with Crippen molar-refractivity contribution in [3.8, 4) is 0 Å². The summed E-state index contributed by atoms with van der Waals surface area (Å²) in [5, 5.41) is 31.7. The van der Waals surface area contributed by atoms with Gasteiger partial charge in [-0.2, -0.15) is 0 Å². The highest BCUT2D eigenvalue weighted by atomic mass is 127. The number of aliphatic carboxylic acids is 2. The second-order valence-electron chi connectivity index (χ2n) is 4.00. The van der Waals surface area contributed by atoms with Crippen LogP contribution in [0.3, 0.4) is 0 Å². The zero-order valence-corrected chi connectivity index (χ0v) is 15.1. The first kappa shape index (κ1) is 23.4. The second kappa shape index (κ2) is 11.2. The molecular weight excluding hydrogens is 470 g/mol. The van der Waals surface area contributed by atoms with Crippen LogP contribution in [-0.4, -0.2) is 52.4 Å². The van der Waals surface area contributed by atoms with Gasteiger partial charge in [-0.05, 0) is 27.7 Å². The largest absolute Gasteiger partial charge is 0.480 e. The first-order chi connectivity index (χ1) is 7.80. The number of carboxylic acid groups (broad SMARTS) is 2. The van der Waals surface area contributed by atoms with Gasteiger partial charge in [-0.25, -0.2) is 0 Å². The van der Waals surface area contributed by atoms with Crippen LogP contribution in [0.25, 0.3) is 0 Å². The van der Waals surface area contributed by atoms with Gasteiger partial charge in [-0.15, -0.1) is 0 Å². The van der Waals surface area contributed by atoms with Crippen molar-refractivity contribution in [2.75, 3.05) is 13.2 Å². The van der Waals surface area contributed by atoms with Gasteiger partial charge >= 0.3 is 11.9 Å². The first-order valence-electron chi connectivity index (χ1n) is 4.87. The molecule has 0 atom stereocenters. The summed E-state index contributed by atoms with van der Waals surface area (Å²) in [7, 11) is 0. The monoisotopic (exact) mass is 490 g/mol. The Labute approximate surface area is 134 Å². The van der Waals surface area contributed by atoms with E-state index in [2.05, 4.69) is 0 Å². The normalized spacial score (nSPS) is 10.4. The number of hydrogen-bond acceptors (Lipinski definition) is 4. The molecule has 0 amide bonds. The fourth-order valence-electron chi connectivity index (χ4n) is 0. The van der Waals surface area contributed by atoms with Crippen LogP contribution >= 0.6 is 45.2 Å². The minimum Gasteiger partial charge on any atom is -0.480 e. The van der Waals surface area contributed by atoms with E-state index in [1.807, 2.05) is 45.2 Å². The van der Waals surface area contributed by atoms with Gasteiger partial charge in [0.25, 0.3) is 0 Å². The van der Waals surface area contributed by atoms with E-state index in [-0.39, 0.29) is 13.2 Å². The highest BCUT2D eigenvalue weighted by molar-refractivity contribution is 14.1. The molecule has 0 unspecified atom stereocenters. The van der Waals surface area contributed by atoms with Gasteiger partial charge in [0.05, 0.1) is 13.2 Å². The fourth-order valence-corrected chi connectivity index (χ4v) is 0. The molecule has 8 heteroatoms. The molecule has 0 spiro atoms. The lowest BCUT2D eigenvalue weighted by molar-refractivity contribution is -0.139. The first-order valence-corrected chi connectivity index (χ1v) is 7.02. The van der Waals surface area contributed by atoms with Crippen molar-refractivity contribution in [1.29, 1.82) is 0 Å². The molecule has 0 heterocycles. The van der Waals surface area contributed by atoms with E-state index < -0.39 is 18.8 Å². The smallest absolute Gasteiger partial charge is 0.319 e. The molecule has 0 aliphatic carbocycles. The van der Waals surface area contributed by atoms with Gasteiger partial charge in [0.2, 0.25) is 0 Å². The van der Waals surface area contributed by atoms with E-state index in [0.29, 0.717) is 0 Å². The lowest BCUT2D eigenvalue weighted by atomic mass is 10.2. The Morgan fingerprint density at radius 2 is 0.944 bits per heavy atom.